The lowest BCUT2D eigenvalue weighted by molar-refractivity contribution is 0.0939. The fourth-order valence-electron chi connectivity index (χ4n) is 5.44. The fraction of sp³-hybridized carbons (Fsp3) is 0.577. The number of nitrogens with zero attached hydrogens (tertiary/aromatic N) is 2. The van der Waals surface area contributed by atoms with E-state index in [2.05, 4.69) is 17.1 Å². The first kappa shape index (κ1) is 23.0. The van der Waals surface area contributed by atoms with E-state index in [-0.39, 0.29) is 18.0 Å². The molecule has 1 amide bonds. The number of fused-ring (bicyclic) bond motifs is 1. The molecule has 1 saturated heterocycles. The molecule has 0 radical (unpaired) electrons. The molecule has 2 heterocycles. The molecule has 6 heteroatoms. The Kier molecular flexibility index (Phi) is 7.29. The Labute approximate surface area is 190 Å². The maximum Gasteiger partial charge on any atom is 0.268 e. The van der Waals surface area contributed by atoms with Crippen LogP contribution >= 0.6 is 0 Å². The van der Waals surface area contributed by atoms with Crippen LogP contribution < -0.4 is 5.32 Å². The van der Waals surface area contributed by atoms with Crippen molar-refractivity contribution in [2.24, 2.45) is 0 Å². The van der Waals surface area contributed by atoms with E-state index in [0.29, 0.717) is 18.3 Å². The van der Waals surface area contributed by atoms with Gasteiger partial charge in [0.15, 0.2) is 0 Å². The molecule has 1 unspecified atom stereocenters. The van der Waals surface area contributed by atoms with Gasteiger partial charge in [-0.3, -0.25) is 4.79 Å². The molecule has 174 valence electrons. The van der Waals surface area contributed by atoms with E-state index >= 15 is 0 Å². The summed E-state index contributed by atoms with van der Waals surface area (Å²) >= 11 is 0. The summed E-state index contributed by atoms with van der Waals surface area (Å²) < 4.78 is 30.7. The monoisotopic (exact) mass is 443 g/mol. The molecule has 2 aromatic rings. The summed E-state index contributed by atoms with van der Waals surface area (Å²) in [6, 6.07) is 4.55. The lowest BCUT2D eigenvalue weighted by atomic mass is 9.95. The lowest BCUT2D eigenvalue weighted by Gasteiger charge is -2.33. The Morgan fingerprint density at radius 1 is 1.12 bits per heavy atom. The number of carbonyl (C=O) groups is 1. The maximum absolute atomic E-state index is 14.4. The Hall–Kier alpha value is -2.21. The zero-order chi connectivity index (χ0) is 22.7. The Morgan fingerprint density at radius 2 is 1.88 bits per heavy atom. The minimum Gasteiger partial charge on any atom is -0.351 e. The van der Waals surface area contributed by atoms with Crippen molar-refractivity contribution in [2.75, 3.05) is 19.6 Å². The highest BCUT2D eigenvalue weighted by molar-refractivity contribution is 5.95. The van der Waals surface area contributed by atoms with Crippen LogP contribution in [0.2, 0.25) is 0 Å². The molecule has 0 saturated carbocycles. The summed E-state index contributed by atoms with van der Waals surface area (Å²) in [4.78, 5) is 15.7. The number of aromatic nitrogens is 1. The molecule has 2 aliphatic rings. The highest BCUT2D eigenvalue weighted by Gasteiger charge is 2.27. The molecule has 1 aromatic carbocycles. The van der Waals surface area contributed by atoms with Gasteiger partial charge in [0, 0.05) is 30.4 Å². The van der Waals surface area contributed by atoms with Gasteiger partial charge in [-0.2, -0.15) is 0 Å². The van der Waals surface area contributed by atoms with Gasteiger partial charge in [-0.05, 0) is 88.6 Å². The van der Waals surface area contributed by atoms with E-state index < -0.39 is 11.6 Å². The highest BCUT2D eigenvalue weighted by atomic mass is 19.1. The van der Waals surface area contributed by atoms with E-state index in [1.165, 1.54) is 43.0 Å². The van der Waals surface area contributed by atoms with E-state index in [4.69, 9.17) is 0 Å². The zero-order valence-corrected chi connectivity index (χ0v) is 19.4. The third-order valence-corrected chi connectivity index (χ3v) is 7.28. The molecule has 4 rings (SSSR count). The molecular weight excluding hydrogens is 408 g/mol. The summed E-state index contributed by atoms with van der Waals surface area (Å²) in [5.74, 6) is -1.27. The minimum atomic E-state index is -0.567. The molecule has 1 aliphatic heterocycles. The van der Waals surface area contributed by atoms with Crippen molar-refractivity contribution in [1.82, 2.24) is 14.8 Å². The standard InChI is InChI=1S/C26H35F2N3O/c1-18-9-5-6-15-30(18)16-8-14-29-26(32)25-19(2)20-10-3-4-13-24(20)31(25)17-21-22(27)11-7-12-23(21)28/h7,11-12,18H,3-6,8-10,13-17H2,1-2H3,(H,29,32). The molecule has 0 bridgehead atoms. The topological polar surface area (TPSA) is 37.3 Å². The number of nitrogens with one attached hydrogen (secondary N) is 1. The lowest BCUT2D eigenvalue weighted by Crippen LogP contribution is -2.39. The molecule has 1 aliphatic carbocycles. The quantitative estimate of drug-likeness (QED) is 0.612. The van der Waals surface area contributed by atoms with Crippen LogP contribution in [0.4, 0.5) is 8.78 Å². The van der Waals surface area contributed by atoms with Crippen LogP contribution in [-0.2, 0) is 19.4 Å². The average molecular weight is 444 g/mol. The van der Waals surface area contributed by atoms with E-state index in [1.807, 2.05) is 11.5 Å². The van der Waals surface area contributed by atoms with Crippen LogP contribution in [0, 0.1) is 18.6 Å². The number of likely N-dealkylation sites (tertiary alicyclic amines) is 1. The smallest absolute Gasteiger partial charge is 0.268 e. The number of hydrogen-bond acceptors (Lipinski definition) is 2. The van der Waals surface area contributed by atoms with Crippen LogP contribution in [0.25, 0.3) is 0 Å². The van der Waals surface area contributed by atoms with Gasteiger partial charge >= 0.3 is 0 Å². The van der Waals surface area contributed by atoms with Crippen molar-refractivity contribution in [3.63, 3.8) is 0 Å². The Balaban J connectivity index is 1.51. The molecule has 1 fully saturated rings. The first-order chi connectivity index (χ1) is 15.5. The second-order valence-corrected chi connectivity index (χ2v) is 9.38. The highest BCUT2D eigenvalue weighted by Crippen LogP contribution is 2.31. The number of carbonyl (C=O) groups excluding carboxylic acids is 1. The number of piperidine rings is 1. The first-order valence-electron chi connectivity index (χ1n) is 12.1. The molecular formula is C26H35F2N3O. The van der Waals surface area contributed by atoms with Crippen molar-refractivity contribution in [3.8, 4) is 0 Å². The summed E-state index contributed by atoms with van der Waals surface area (Å²) in [5.41, 5.74) is 3.78. The van der Waals surface area contributed by atoms with Crippen LogP contribution in [-0.4, -0.2) is 41.1 Å². The second-order valence-electron chi connectivity index (χ2n) is 9.38. The SMILES string of the molecule is Cc1c2c(n(Cc3c(F)cccc3F)c1C(=O)NCCCN1CCCCC1C)CCCC2. The van der Waals surface area contributed by atoms with Crippen LogP contribution in [0.1, 0.15) is 78.3 Å². The molecule has 1 atom stereocenters. The summed E-state index contributed by atoms with van der Waals surface area (Å²) in [7, 11) is 0. The van der Waals surface area contributed by atoms with E-state index in [1.54, 1.807) is 0 Å². The van der Waals surface area contributed by atoms with Crippen LogP contribution in [0.3, 0.4) is 0 Å². The van der Waals surface area contributed by atoms with Crippen molar-refractivity contribution < 1.29 is 13.6 Å². The van der Waals surface area contributed by atoms with Crippen molar-refractivity contribution in [1.29, 1.82) is 0 Å². The minimum absolute atomic E-state index is 0.0176. The second kappa shape index (κ2) is 10.2. The third kappa shape index (κ3) is 4.75. The molecule has 1 aromatic heterocycles. The Bertz CT molecular complexity index is 948. The van der Waals surface area contributed by atoms with Gasteiger partial charge in [0.2, 0.25) is 0 Å². The summed E-state index contributed by atoms with van der Waals surface area (Å²) in [6.45, 7) is 7.02. The van der Waals surface area contributed by atoms with Crippen LogP contribution in [0.15, 0.2) is 18.2 Å². The zero-order valence-electron chi connectivity index (χ0n) is 19.4. The van der Waals surface area contributed by atoms with Crippen molar-refractivity contribution in [2.45, 2.75) is 77.8 Å². The van der Waals surface area contributed by atoms with Crippen molar-refractivity contribution in [3.05, 3.63) is 57.9 Å². The van der Waals surface area contributed by atoms with Gasteiger partial charge < -0.3 is 14.8 Å². The molecule has 0 spiro atoms. The van der Waals surface area contributed by atoms with Gasteiger partial charge in [-0.25, -0.2) is 8.78 Å². The van der Waals surface area contributed by atoms with E-state index in [9.17, 15) is 13.6 Å². The number of hydrogen-bond donors (Lipinski definition) is 1. The summed E-state index contributed by atoms with van der Waals surface area (Å²) in [6.07, 6.45) is 8.58. The van der Waals surface area contributed by atoms with Gasteiger partial charge in [0.1, 0.15) is 17.3 Å². The van der Waals surface area contributed by atoms with Gasteiger partial charge in [0.05, 0.1) is 6.54 Å². The number of rotatable bonds is 7. The largest absolute Gasteiger partial charge is 0.351 e. The van der Waals surface area contributed by atoms with Gasteiger partial charge in [-0.1, -0.05) is 12.5 Å². The Morgan fingerprint density at radius 3 is 2.62 bits per heavy atom. The number of halogens is 2. The fourth-order valence-corrected chi connectivity index (χ4v) is 5.44. The average Bonchev–Trinajstić information content (AvgIpc) is 3.07. The summed E-state index contributed by atoms with van der Waals surface area (Å²) in [5, 5.41) is 3.08. The van der Waals surface area contributed by atoms with E-state index in [0.717, 1.165) is 56.5 Å². The molecule has 32 heavy (non-hydrogen) atoms. The first-order valence-corrected chi connectivity index (χ1v) is 12.1. The van der Waals surface area contributed by atoms with Gasteiger partial charge in [-0.15, -0.1) is 0 Å². The number of amides is 1. The predicted molar refractivity (Wildman–Crippen MR) is 123 cm³/mol. The van der Waals surface area contributed by atoms with Crippen LogP contribution in [0.5, 0.6) is 0 Å². The van der Waals surface area contributed by atoms with Crippen molar-refractivity contribution >= 4 is 5.91 Å². The normalized spacial score (nSPS) is 19.1. The molecule has 1 N–H and O–H groups in total. The predicted octanol–water partition coefficient (Wildman–Crippen LogP) is 5.00. The van der Waals surface area contributed by atoms with Gasteiger partial charge in [0.25, 0.3) is 5.91 Å². The molecule has 4 nitrogen and oxygen atoms in total. The maximum atomic E-state index is 14.4. The number of benzene rings is 1. The third-order valence-electron chi connectivity index (χ3n) is 7.28.